The Bertz CT molecular complexity index is 898. The molecule has 4 rings (SSSR count). The molecule has 0 aromatic heterocycles. The summed E-state index contributed by atoms with van der Waals surface area (Å²) in [6.45, 7) is 2.92. The summed E-state index contributed by atoms with van der Waals surface area (Å²) in [6, 6.07) is 15.4. The van der Waals surface area contributed by atoms with E-state index >= 15 is 0 Å². The number of hydrogen-bond donors (Lipinski definition) is 1. The lowest BCUT2D eigenvalue weighted by Gasteiger charge is -2.36. The highest BCUT2D eigenvalue weighted by Crippen LogP contribution is 2.25. The predicted octanol–water partition coefficient (Wildman–Crippen LogP) is 4.18. The number of nitrogens with one attached hydrogen (secondary N) is 1. The molecule has 0 unspecified atom stereocenters. The molecule has 6 nitrogen and oxygen atoms in total. The summed E-state index contributed by atoms with van der Waals surface area (Å²) in [6.07, 6.45) is 5.39. The summed E-state index contributed by atoms with van der Waals surface area (Å²) >= 11 is 0. The molecule has 1 aliphatic carbocycles. The zero-order valence-electron chi connectivity index (χ0n) is 18.2. The van der Waals surface area contributed by atoms with Crippen molar-refractivity contribution < 1.29 is 14.3 Å². The number of hydrogen-bond acceptors (Lipinski definition) is 4. The maximum atomic E-state index is 13.0. The first-order valence-corrected chi connectivity index (χ1v) is 11.2. The second kappa shape index (κ2) is 9.86. The summed E-state index contributed by atoms with van der Waals surface area (Å²) in [5.74, 6) is 1.03. The summed E-state index contributed by atoms with van der Waals surface area (Å²) in [4.78, 5) is 29.8. The largest absolute Gasteiger partial charge is 0.497 e. The molecule has 164 valence electrons. The van der Waals surface area contributed by atoms with Crippen molar-refractivity contribution in [3.05, 3.63) is 54.1 Å². The SMILES string of the molecule is COc1ccc(N2CCN(C(=O)c3cccc(NC(=O)C4CCCCC4)c3)CC2)cc1. The minimum atomic E-state index is 0.0168. The highest BCUT2D eigenvalue weighted by Gasteiger charge is 2.24. The molecule has 0 radical (unpaired) electrons. The topological polar surface area (TPSA) is 61.9 Å². The van der Waals surface area contributed by atoms with Crippen molar-refractivity contribution in [2.24, 2.45) is 5.92 Å². The monoisotopic (exact) mass is 421 g/mol. The molecular formula is C25H31N3O3. The van der Waals surface area contributed by atoms with Gasteiger partial charge in [-0.15, -0.1) is 0 Å². The number of ether oxygens (including phenoxy) is 1. The van der Waals surface area contributed by atoms with Gasteiger partial charge in [-0.25, -0.2) is 0 Å². The fraction of sp³-hybridized carbons (Fsp3) is 0.440. The van der Waals surface area contributed by atoms with Crippen molar-refractivity contribution in [3.63, 3.8) is 0 Å². The summed E-state index contributed by atoms with van der Waals surface area (Å²) in [5.41, 5.74) is 2.47. The van der Waals surface area contributed by atoms with Gasteiger partial charge in [0.2, 0.25) is 5.91 Å². The highest BCUT2D eigenvalue weighted by molar-refractivity contribution is 5.97. The van der Waals surface area contributed by atoms with Crippen LogP contribution >= 0.6 is 0 Å². The third-order valence-electron chi connectivity index (χ3n) is 6.36. The summed E-state index contributed by atoms with van der Waals surface area (Å²) in [7, 11) is 1.66. The van der Waals surface area contributed by atoms with Gasteiger partial charge >= 0.3 is 0 Å². The zero-order valence-corrected chi connectivity index (χ0v) is 18.2. The van der Waals surface area contributed by atoms with Crippen LogP contribution in [-0.2, 0) is 4.79 Å². The minimum Gasteiger partial charge on any atom is -0.497 e. The van der Waals surface area contributed by atoms with Crippen LogP contribution in [0, 0.1) is 5.92 Å². The lowest BCUT2D eigenvalue weighted by molar-refractivity contribution is -0.120. The van der Waals surface area contributed by atoms with Gasteiger partial charge in [0.15, 0.2) is 0 Å². The van der Waals surface area contributed by atoms with Crippen LogP contribution < -0.4 is 15.0 Å². The number of benzene rings is 2. The quantitative estimate of drug-likeness (QED) is 0.787. The number of rotatable bonds is 5. The standard InChI is InChI=1S/C25H31N3O3/c1-31-23-12-10-22(11-13-23)27-14-16-28(17-15-27)25(30)20-8-5-9-21(18-20)26-24(29)19-6-3-2-4-7-19/h5,8-13,18-19H,2-4,6-7,14-17H2,1H3,(H,26,29). The van der Waals surface area contributed by atoms with Crippen LogP contribution in [0.25, 0.3) is 0 Å². The Balaban J connectivity index is 1.34. The number of methoxy groups -OCH3 is 1. The number of anilines is 2. The molecule has 2 amide bonds. The number of carbonyl (C=O) groups excluding carboxylic acids is 2. The molecular weight excluding hydrogens is 390 g/mol. The van der Waals surface area contributed by atoms with E-state index in [-0.39, 0.29) is 17.7 Å². The van der Waals surface area contributed by atoms with E-state index < -0.39 is 0 Å². The Morgan fingerprint density at radius 3 is 2.32 bits per heavy atom. The van der Waals surface area contributed by atoms with E-state index in [0.29, 0.717) is 24.3 Å². The van der Waals surface area contributed by atoms with Crippen LogP contribution in [-0.4, -0.2) is 50.0 Å². The van der Waals surface area contributed by atoms with Crippen LogP contribution in [0.2, 0.25) is 0 Å². The van der Waals surface area contributed by atoms with Gasteiger partial charge in [-0.1, -0.05) is 25.3 Å². The molecule has 2 aliphatic rings. The third-order valence-corrected chi connectivity index (χ3v) is 6.36. The maximum Gasteiger partial charge on any atom is 0.254 e. The molecule has 2 aromatic rings. The first-order valence-electron chi connectivity index (χ1n) is 11.2. The highest BCUT2D eigenvalue weighted by atomic mass is 16.5. The van der Waals surface area contributed by atoms with E-state index in [1.165, 1.54) is 6.42 Å². The molecule has 31 heavy (non-hydrogen) atoms. The minimum absolute atomic E-state index is 0.0168. The Hall–Kier alpha value is -3.02. The van der Waals surface area contributed by atoms with E-state index in [0.717, 1.165) is 50.2 Å². The van der Waals surface area contributed by atoms with Crippen molar-refractivity contribution in [3.8, 4) is 5.75 Å². The van der Waals surface area contributed by atoms with Gasteiger partial charge in [0, 0.05) is 49.0 Å². The molecule has 0 spiro atoms. The molecule has 0 atom stereocenters. The molecule has 1 saturated carbocycles. The average molecular weight is 422 g/mol. The van der Waals surface area contributed by atoms with Gasteiger partial charge in [0.05, 0.1) is 7.11 Å². The predicted molar refractivity (Wildman–Crippen MR) is 123 cm³/mol. The van der Waals surface area contributed by atoms with Crippen molar-refractivity contribution in [1.29, 1.82) is 0 Å². The van der Waals surface area contributed by atoms with E-state index in [2.05, 4.69) is 22.3 Å². The first kappa shape index (κ1) is 21.2. The second-order valence-corrected chi connectivity index (χ2v) is 8.38. The van der Waals surface area contributed by atoms with Gasteiger partial charge in [-0.3, -0.25) is 9.59 Å². The lowest BCUT2D eigenvalue weighted by atomic mass is 9.88. The number of nitrogens with zero attached hydrogens (tertiary/aromatic N) is 2. The number of amides is 2. The summed E-state index contributed by atoms with van der Waals surface area (Å²) in [5, 5.41) is 3.02. The molecule has 1 heterocycles. The Morgan fingerprint density at radius 1 is 0.935 bits per heavy atom. The molecule has 6 heteroatoms. The Kier molecular flexibility index (Phi) is 6.75. The molecule has 0 bridgehead atoms. The van der Waals surface area contributed by atoms with Crippen LogP contribution in [0.15, 0.2) is 48.5 Å². The maximum absolute atomic E-state index is 13.0. The fourth-order valence-corrected chi connectivity index (χ4v) is 4.48. The zero-order chi connectivity index (χ0) is 21.6. The van der Waals surface area contributed by atoms with Gasteiger partial charge in [-0.2, -0.15) is 0 Å². The van der Waals surface area contributed by atoms with Gasteiger partial charge in [-0.05, 0) is 55.3 Å². The molecule has 2 fully saturated rings. The number of carbonyl (C=O) groups is 2. The molecule has 1 saturated heterocycles. The van der Waals surface area contributed by atoms with E-state index in [1.54, 1.807) is 13.2 Å². The van der Waals surface area contributed by atoms with Crippen LogP contribution in [0.3, 0.4) is 0 Å². The van der Waals surface area contributed by atoms with Crippen molar-refractivity contribution >= 4 is 23.2 Å². The van der Waals surface area contributed by atoms with E-state index in [1.807, 2.05) is 35.2 Å². The van der Waals surface area contributed by atoms with Gasteiger partial charge in [0.1, 0.15) is 5.75 Å². The van der Waals surface area contributed by atoms with Gasteiger partial charge in [0.25, 0.3) is 5.91 Å². The van der Waals surface area contributed by atoms with Crippen LogP contribution in [0.1, 0.15) is 42.5 Å². The Morgan fingerprint density at radius 2 is 1.65 bits per heavy atom. The normalized spacial score (nSPS) is 17.3. The third kappa shape index (κ3) is 5.19. The van der Waals surface area contributed by atoms with Crippen molar-refractivity contribution in [2.75, 3.05) is 43.5 Å². The van der Waals surface area contributed by atoms with Crippen molar-refractivity contribution in [1.82, 2.24) is 4.90 Å². The Labute approximate surface area is 184 Å². The number of piperazine rings is 1. The summed E-state index contributed by atoms with van der Waals surface area (Å²) < 4.78 is 5.22. The van der Waals surface area contributed by atoms with E-state index in [9.17, 15) is 9.59 Å². The second-order valence-electron chi connectivity index (χ2n) is 8.38. The molecule has 2 aromatic carbocycles. The smallest absolute Gasteiger partial charge is 0.254 e. The van der Waals surface area contributed by atoms with Crippen LogP contribution in [0.5, 0.6) is 5.75 Å². The molecule has 1 N–H and O–H groups in total. The average Bonchev–Trinajstić information content (AvgIpc) is 2.84. The van der Waals surface area contributed by atoms with Crippen molar-refractivity contribution in [2.45, 2.75) is 32.1 Å². The van der Waals surface area contributed by atoms with Crippen LogP contribution in [0.4, 0.5) is 11.4 Å². The lowest BCUT2D eigenvalue weighted by Crippen LogP contribution is -2.48. The fourth-order valence-electron chi connectivity index (χ4n) is 4.48. The van der Waals surface area contributed by atoms with Gasteiger partial charge < -0.3 is 19.9 Å². The van der Waals surface area contributed by atoms with E-state index in [4.69, 9.17) is 4.74 Å². The molecule has 1 aliphatic heterocycles. The first-order chi connectivity index (χ1) is 15.1.